The Morgan fingerprint density at radius 2 is 0.789 bits per heavy atom. The molecule has 0 amide bonds. The van der Waals surface area contributed by atoms with Crippen LogP contribution in [-0.2, 0) is 14.6 Å². The maximum atomic E-state index is 2.79. The van der Waals surface area contributed by atoms with E-state index in [-0.39, 0.29) is 0 Å². The molecule has 38 heavy (non-hydrogen) atoms. The molecule has 0 nitrogen and oxygen atoms in total. The van der Waals surface area contributed by atoms with Gasteiger partial charge in [0.2, 0.25) is 0 Å². The second kappa shape index (κ2) is 10.1. The normalized spacial score (nSPS) is 15.6. The standard InChI is InChI=1S/2C13H9.2C4H9.C2H7Si.Ti/c2*1-3-7-12-10(5-1)9-11-6-2-4-8-13(11)12;2*1-3-4-2;1-3-2;/h2*1-9H;2*1,3-4H2,2H3;3H,1-2H3;. The fourth-order valence-corrected chi connectivity index (χ4v) is 41.1. The van der Waals surface area contributed by atoms with Crippen molar-refractivity contribution in [3.63, 3.8) is 0 Å². The first-order valence-corrected chi connectivity index (χ1v) is 24.7. The zero-order valence-electron chi connectivity index (χ0n) is 23.7. The maximum absolute atomic E-state index is 3.55. The fraction of sp³-hybridized carbons (Fsp3) is 0.333. The van der Waals surface area contributed by atoms with Crippen LogP contribution in [0.25, 0.3) is 22.3 Å². The molecule has 0 N–H and O–H groups in total. The fourth-order valence-electron chi connectivity index (χ4n) is 9.24. The summed E-state index contributed by atoms with van der Waals surface area (Å²) in [5.74, 6) is 0. The van der Waals surface area contributed by atoms with Gasteiger partial charge in [-0.15, -0.1) is 0 Å². The SMILES string of the molecule is CCC[CH2][Ti]([CH2]CCC)([CH]1c2ccccc2-c2ccccc21)([CH]1c2ccccc2-c2ccccc21)[SiH](C)C. The number of rotatable bonds is 9. The van der Waals surface area contributed by atoms with Gasteiger partial charge in [-0.3, -0.25) is 0 Å². The van der Waals surface area contributed by atoms with Crippen LogP contribution in [0, 0.1) is 0 Å². The number of unbranched alkanes of at least 4 members (excludes halogenated alkanes) is 2. The predicted molar refractivity (Wildman–Crippen MR) is 166 cm³/mol. The van der Waals surface area contributed by atoms with Crippen LogP contribution in [-0.4, -0.2) is 6.66 Å². The van der Waals surface area contributed by atoms with Crippen molar-refractivity contribution >= 4 is 6.66 Å². The molecule has 0 bridgehead atoms. The van der Waals surface area contributed by atoms with Gasteiger partial charge in [0.25, 0.3) is 0 Å². The molecule has 0 aliphatic heterocycles. The second-order valence-corrected chi connectivity index (χ2v) is 35.9. The van der Waals surface area contributed by atoms with Crippen molar-refractivity contribution in [3.8, 4) is 22.3 Å². The van der Waals surface area contributed by atoms with Crippen molar-refractivity contribution in [2.24, 2.45) is 0 Å². The predicted octanol–water partition coefficient (Wildman–Crippen LogP) is 10.6. The average Bonchev–Trinajstić information content (AvgIpc) is 3.48. The zero-order chi connectivity index (χ0) is 26.4. The van der Waals surface area contributed by atoms with Gasteiger partial charge >= 0.3 is 233 Å². The third-order valence-corrected chi connectivity index (χ3v) is 44.4. The Morgan fingerprint density at radius 3 is 1.05 bits per heavy atom. The molecule has 0 fully saturated rings. The van der Waals surface area contributed by atoms with Crippen LogP contribution in [0.15, 0.2) is 97.1 Å². The third-order valence-electron chi connectivity index (χ3n) is 10.9. The van der Waals surface area contributed by atoms with Crippen LogP contribution in [0.4, 0.5) is 0 Å². The second-order valence-electron chi connectivity index (χ2n) is 12.6. The van der Waals surface area contributed by atoms with Crippen LogP contribution >= 0.6 is 0 Å². The summed E-state index contributed by atoms with van der Waals surface area (Å²) in [6, 6.07) is 38.2. The minimum absolute atomic E-state index is 0.605. The van der Waals surface area contributed by atoms with Crippen molar-refractivity contribution in [3.05, 3.63) is 119 Å². The first-order valence-electron chi connectivity index (χ1n) is 15.1. The van der Waals surface area contributed by atoms with E-state index < -0.39 is 21.2 Å². The molecule has 0 saturated carbocycles. The first-order chi connectivity index (χ1) is 18.6. The summed E-state index contributed by atoms with van der Waals surface area (Å²) >= 11 is -3.55. The Morgan fingerprint density at radius 1 is 0.500 bits per heavy atom. The summed E-state index contributed by atoms with van der Waals surface area (Å²) in [7, 11) is 0. The van der Waals surface area contributed by atoms with E-state index >= 15 is 0 Å². The molecule has 4 aromatic rings. The Kier molecular flexibility index (Phi) is 6.92. The van der Waals surface area contributed by atoms with E-state index in [0.717, 1.165) is 0 Å². The van der Waals surface area contributed by atoms with Gasteiger partial charge in [0, 0.05) is 0 Å². The van der Waals surface area contributed by atoms with Crippen LogP contribution in [0.5, 0.6) is 0 Å². The van der Waals surface area contributed by atoms with E-state index in [9.17, 15) is 0 Å². The summed E-state index contributed by atoms with van der Waals surface area (Å²) in [5, 5.41) is 0. The van der Waals surface area contributed by atoms with Gasteiger partial charge in [-0.1, -0.05) is 0 Å². The van der Waals surface area contributed by atoms with Crippen molar-refractivity contribution in [1.29, 1.82) is 0 Å². The molecule has 0 aromatic heterocycles. The monoisotopic (exact) mass is 551 g/mol. The molecule has 0 atom stereocenters. The van der Waals surface area contributed by atoms with Crippen LogP contribution in [0.1, 0.15) is 70.2 Å². The topological polar surface area (TPSA) is 0 Å². The molecular formula is C36H43SiTi. The van der Waals surface area contributed by atoms with Crippen LogP contribution < -0.4 is 0 Å². The molecule has 2 aliphatic carbocycles. The molecular weight excluding hydrogens is 508 g/mol. The summed E-state index contributed by atoms with van der Waals surface area (Å²) in [5.41, 5.74) is 12.7. The quantitative estimate of drug-likeness (QED) is 0.182. The van der Waals surface area contributed by atoms with Crippen LogP contribution in [0.3, 0.4) is 0 Å². The van der Waals surface area contributed by atoms with Crippen molar-refractivity contribution in [2.45, 2.75) is 70.5 Å². The molecule has 0 spiro atoms. The molecule has 0 saturated heterocycles. The molecule has 0 unspecified atom stereocenters. The molecule has 4 aromatic carbocycles. The van der Waals surface area contributed by atoms with Gasteiger partial charge in [-0.2, -0.15) is 0 Å². The van der Waals surface area contributed by atoms with E-state index in [1.807, 2.05) is 0 Å². The van der Waals surface area contributed by atoms with Crippen LogP contribution in [0.2, 0.25) is 22.5 Å². The third kappa shape index (κ3) is 3.51. The Balaban J connectivity index is 1.78. The minimum atomic E-state index is -3.55. The van der Waals surface area contributed by atoms with E-state index in [1.165, 1.54) is 57.4 Å². The Labute approximate surface area is 232 Å². The molecule has 195 valence electrons. The van der Waals surface area contributed by atoms with Crippen molar-refractivity contribution < 1.29 is 14.6 Å². The molecule has 0 heterocycles. The number of fused-ring (bicyclic) bond motifs is 6. The summed E-state index contributed by atoms with van der Waals surface area (Å²) in [4.78, 5) is 0. The Hall–Kier alpha value is -2.19. The summed E-state index contributed by atoms with van der Waals surface area (Å²) < 4.78 is 4.18. The molecule has 6 rings (SSSR count). The number of hydrogen-bond donors (Lipinski definition) is 0. The van der Waals surface area contributed by atoms with Gasteiger partial charge < -0.3 is 0 Å². The van der Waals surface area contributed by atoms with E-state index in [1.54, 1.807) is 22.3 Å². The van der Waals surface area contributed by atoms with E-state index in [0.29, 0.717) is 8.45 Å². The van der Waals surface area contributed by atoms with Gasteiger partial charge in [0.05, 0.1) is 0 Å². The van der Waals surface area contributed by atoms with E-state index in [4.69, 9.17) is 0 Å². The van der Waals surface area contributed by atoms with Gasteiger partial charge in [-0.25, -0.2) is 0 Å². The molecule has 0 radical (unpaired) electrons. The summed E-state index contributed by atoms with van der Waals surface area (Å²) in [6.45, 7) is 9.26. The average molecular weight is 552 g/mol. The number of benzene rings is 4. The van der Waals surface area contributed by atoms with Crippen molar-refractivity contribution in [1.82, 2.24) is 0 Å². The molecule has 2 heteroatoms. The Bertz CT molecular complexity index is 1270. The number of hydrogen-bond acceptors (Lipinski definition) is 0. The van der Waals surface area contributed by atoms with Gasteiger partial charge in [-0.05, 0) is 0 Å². The first kappa shape index (κ1) is 26.1. The molecule has 2 aliphatic rings. The van der Waals surface area contributed by atoms with Crippen molar-refractivity contribution in [2.75, 3.05) is 0 Å². The summed E-state index contributed by atoms with van der Waals surface area (Å²) in [6.07, 6.45) is 5.32. The van der Waals surface area contributed by atoms with Gasteiger partial charge in [0.15, 0.2) is 0 Å². The zero-order valence-corrected chi connectivity index (χ0v) is 26.4. The van der Waals surface area contributed by atoms with Gasteiger partial charge in [0.1, 0.15) is 0 Å². The van der Waals surface area contributed by atoms with E-state index in [2.05, 4.69) is 124 Å².